The molecule has 1 aromatic rings. The van der Waals surface area contributed by atoms with Crippen LogP contribution in [0.2, 0.25) is 0 Å². The molecule has 0 saturated carbocycles. The minimum Gasteiger partial charge on any atom is -0.444 e. The number of hydrogen-bond donors (Lipinski definition) is 0. The summed E-state index contributed by atoms with van der Waals surface area (Å²) in [6, 6.07) is 8.13. The predicted octanol–water partition coefficient (Wildman–Crippen LogP) is 1.14. The molecule has 2 heterocycles. The van der Waals surface area contributed by atoms with Gasteiger partial charge in [0.1, 0.15) is 6.10 Å². The van der Waals surface area contributed by atoms with Gasteiger partial charge in [-0.1, -0.05) is 18.2 Å². The Bertz CT molecular complexity index is 790. The maximum atomic E-state index is 12.5. The van der Waals surface area contributed by atoms with Crippen molar-refractivity contribution in [1.29, 1.82) is 0 Å². The van der Waals surface area contributed by atoms with E-state index in [-0.39, 0.29) is 35.6 Å². The fraction of sp³-hybridized carbons (Fsp3) is 0.556. The summed E-state index contributed by atoms with van der Waals surface area (Å²) >= 11 is 0. The summed E-state index contributed by atoms with van der Waals surface area (Å²) in [6.45, 7) is 3.24. The van der Waals surface area contributed by atoms with Crippen molar-refractivity contribution in [1.82, 2.24) is 14.1 Å². The Morgan fingerprint density at radius 3 is 2.41 bits per heavy atom. The lowest BCUT2D eigenvalue weighted by Crippen LogP contribution is -2.49. The molecule has 0 radical (unpaired) electrons. The molecule has 9 heteroatoms. The third-order valence-electron chi connectivity index (χ3n) is 5.06. The Labute approximate surface area is 159 Å². The molecule has 148 valence electrons. The number of hydrogen-bond acceptors (Lipinski definition) is 5. The summed E-state index contributed by atoms with van der Waals surface area (Å²) in [5.74, 6) is -0.229. The number of carbonyl (C=O) groups excluding carboxylic acids is 2. The van der Waals surface area contributed by atoms with E-state index in [1.54, 1.807) is 28.0 Å². The summed E-state index contributed by atoms with van der Waals surface area (Å²) in [7, 11) is -2.28. The molecule has 2 aliphatic rings. The number of likely N-dealkylation sites (tertiary alicyclic amines) is 1. The minimum atomic E-state index is -3.69. The Kier molecular flexibility index (Phi) is 5.71. The molecule has 2 aliphatic heterocycles. The van der Waals surface area contributed by atoms with Gasteiger partial charge >= 0.3 is 6.09 Å². The van der Waals surface area contributed by atoms with Crippen molar-refractivity contribution in [2.75, 3.05) is 33.2 Å². The van der Waals surface area contributed by atoms with Crippen LogP contribution in [0.15, 0.2) is 35.2 Å². The van der Waals surface area contributed by atoms with Gasteiger partial charge in [-0.25, -0.2) is 13.2 Å². The standard InChI is InChI=1S/C18H25N3O5S/c1-14-12-21(18(23)26-14)15-8-10-20(11-9-15)17(22)13-19(2)27(24,25)16-6-4-3-5-7-16/h3-7,14-15H,8-13H2,1-2H3. The van der Waals surface area contributed by atoms with Gasteiger partial charge in [0, 0.05) is 26.2 Å². The Morgan fingerprint density at radius 1 is 1.22 bits per heavy atom. The van der Waals surface area contributed by atoms with Crippen LogP contribution in [0, 0.1) is 0 Å². The average Bonchev–Trinajstić information content (AvgIpc) is 3.00. The van der Waals surface area contributed by atoms with Gasteiger partial charge in [0.25, 0.3) is 0 Å². The van der Waals surface area contributed by atoms with Crippen LogP contribution in [0.3, 0.4) is 0 Å². The minimum absolute atomic E-state index is 0.0669. The number of sulfonamides is 1. The Balaban J connectivity index is 1.54. The molecule has 0 aromatic heterocycles. The molecule has 2 amide bonds. The quantitative estimate of drug-likeness (QED) is 0.746. The first-order chi connectivity index (χ1) is 12.8. The van der Waals surface area contributed by atoms with Crippen molar-refractivity contribution in [2.24, 2.45) is 0 Å². The molecule has 1 aromatic carbocycles. The van der Waals surface area contributed by atoms with Crippen molar-refractivity contribution >= 4 is 22.0 Å². The van der Waals surface area contributed by atoms with Gasteiger partial charge in [0.15, 0.2) is 0 Å². The van der Waals surface area contributed by atoms with Crippen LogP contribution >= 0.6 is 0 Å². The fourth-order valence-corrected chi connectivity index (χ4v) is 4.64. The Morgan fingerprint density at radius 2 is 1.85 bits per heavy atom. The highest BCUT2D eigenvalue weighted by Crippen LogP contribution is 2.22. The number of benzene rings is 1. The zero-order valence-corrected chi connectivity index (χ0v) is 16.4. The fourth-order valence-electron chi connectivity index (χ4n) is 3.50. The maximum Gasteiger partial charge on any atom is 0.410 e. The molecule has 0 spiro atoms. The van der Waals surface area contributed by atoms with Gasteiger partial charge in [0.05, 0.1) is 18.0 Å². The molecule has 27 heavy (non-hydrogen) atoms. The molecule has 0 bridgehead atoms. The van der Waals surface area contributed by atoms with Crippen molar-refractivity contribution < 1.29 is 22.7 Å². The maximum absolute atomic E-state index is 12.5. The first-order valence-electron chi connectivity index (χ1n) is 9.05. The molecule has 0 N–H and O–H groups in total. The Hall–Kier alpha value is -2.13. The van der Waals surface area contributed by atoms with Crippen LogP contribution in [0.25, 0.3) is 0 Å². The van der Waals surface area contributed by atoms with Crippen LogP contribution in [-0.2, 0) is 19.6 Å². The summed E-state index contributed by atoms with van der Waals surface area (Å²) < 4.78 is 31.3. The first kappa shape index (κ1) is 19.6. The number of carbonyl (C=O) groups is 2. The third kappa shape index (κ3) is 4.24. The smallest absolute Gasteiger partial charge is 0.410 e. The molecular formula is C18H25N3O5S. The van der Waals surface area contributed by atoms with E-state index in [4.69, 9.17) is 4.74 Å². The molecule has 0 aliphatic carbocycles. The molecule has 1 atom stereocenters. The van der Waals surface area contributed by atoms with E-state index in [1.165, 1.54) is 19.2 Å². The van der Waals surface area contributed by atoms with E-state index in [2.05, 4.69) is 0 Å². The summed E-state index contributed by atoms with van der Waals surface area (Å²) in [4.78, 5) is 28.0. The van der Waals surface area contributed by atoms with Crippen LogP contribution in [0.5, 0.6) is 0 Å². The molecule has 8 nitrogen and oxygen atoms in total. The van der Waals surface area contributed by atoms with Gasteiger partial charge in [-0.3, -0.25) is 4.79 Å². The lowest BCUT2D eigenvalue weighted by atomic mass is 10.0. The lowest BCUT2D eigenvalue weighted by molar-refractivity contribution is -0.132. The molecular weight excluding hydrogens is 370 g/mol. The van der Waals surface area contributed by atoms with Gasteiger partial charge in [0.2, 0.25) is 15.9 Å². The van der Waals surface area contributed by atoms with E-state index in [0.29, 0.717) is 32.5 Å². The number of amides is 2. The number of ether oxygens (including phenoxy) is 1. The number of likely N-dealkylation sites (N-methyl/N-ethyl adjacent to an activating group) is 1. The van der Waals surface area contributed by atoms with Crippen molar-refractivity contribution in [3.63, 3.8) is 0 Å². The van der Waals surface area contributed by atoms with Crippen LogP contribution in [0.4, 0.5) is 4.79 Å². The normalized spacial score (nSPS) is 21.6. The van der Waals surface area contributed by atoms with Crippen molar-refractivity contribution in [2.45, 2.75) is 36.8 Å². The van der Waals surface area contributed by atoms with E-state index in [9.17, 15) is 18.0 Å². The molecule has 3 rings (SSSR count). The average molecular weight is 395 g/mol. The summed E-state index contributed by atoms with van der Waals surface area (Å²) in [6.07, 6.45) is 0.945. The van der Waals surface area contributed by atoms with Crippen molar-refractivity contribution in [3.8, 4) is 0 Å². The summed E-state index contributed by atoms with van der Waals surface area (Å²) in [5.41, 5.74) is 0. The van der Waals surface area contributed by atoms with Crippen LogP contribution < -0.4 is 0 Å². The number of nitrogens with zero attached hydrogens (tertiary/aromatic N) is 3. The number of piperidine rings is 1. The van der Waals surface area contributed by atoms with Crippen LogP contribution in [0.1, 0.15) is 19.8 Å². The second-order valence-corrected chi connectivity index (χ2v) is 9.08. The molecule has 1 unspecified atom stereocenters. The van der Waals surface area contributed by atoms with Crippen LogP contribution in [-0.4, -0.2) is 79.9 Å². The highest BCUT2D eigenvalue weighted by molar-refractivity contribution is 7.89. The van der Waals surface area contributed by atoms with Gasteiger partial charge in [-0.2, -0.15) is 4.31 Å². The summed E-state index contributed by atoms with van der Waals surface area (Å²) in [5, 5.41) is 0. The van der Waals surface area contributed by atoms with Gasteiger partial charge < -0.3 is 14.5 Å². The van der Waals surface area contributed by atoms with Crippen molar-refractivity contribution in [3.05, 3.63) is 30.3 Å². The zero-order valence-electron chi connectivity index (χ0n) is 15.6. The topological polar surface area (TPSA) is 87.2 Å². The molecule has 2 fully saturated rings. The largest absolute Gasteiger partial charge is 0.444 e. The van der Waals surface area contributed by atoms with E-state index >= 15 is 0 Å². The molecule has 2 saturated heterocycles. The van der Waals surface area contributed by atoms with Gasteiger partial charge in [-0.05, 0) is 31.9 Å². The second-order valence-electron chi connectivity index (χ2n) is 7.03. The highest BCUT2D eigenvalue weighted by Gasteiger charge is 2.36. The highest BCUT2D eigenvalue weighted by atomic mass is 32.2. The SMILES string of the molecule is CC1CN(C2CCN(C(=O)CN(C)S(=O)(=O)c3ccccc3)CC2)C(=O)O1. The lowest BCUT2D eigenvalue weighted by Gasteiger charge is -2.36. The number of rotatable bonds is 5. The van der Waals surface area contributed by atoms with Gasteiger partial charge in [-0.15, -0.1) is 0 Å². The zero-order chi connectivity index (χ0) is 19.6. The monoisotopic (exact) mass is 395 g/mol. The third-order valence-corrected chi connectivity index (χ3v) is 6.88. The van der Waals surface area contributed by atoms with E-state index in [0.717, 1.165) is 4.31 Å². The predicted molar refractivity (Wildman–Crippen MR) is 98.5 cm³/mol. The number of cyclic esters (lactones) is 1. The van der Waals surface area contributed by atoms with E-state index < -0.39 is 10.0 Å². The van der Waals surface area contributed by atoms with E-state index in [1.807, 2.05) is 6.92 Å². The first-order valence-corrected chi connectivity index (χ1v) is 10.5. The second kappa shape index (κ2) is 7.85.